The standard InChI is InChI=1S/C19H24N4O/c1-20-18(21-13-16-9-6-10-17(23-16)24-2)22-14-19(11-12-19)15-7-4-3-5-8-15/h3-10H,11-14H2,1-2H3,(H2,20,21,22). The highest BCUT2D eigenvalue weighted by Gasteiger charge is 2.43. The largest absolute Gasteiger partial charge is 0.481 e. The molecule has 3 rings (SSSR count). The fraction of sp³-hybridized carbons (Fsp3) is 0.368. The third-order valence-corrected chi connectivity index (χ3v) is 4.48. The molecular formula is C19H24N4O. The van der Waals surface area contributed by atoms with Crippen molar-refractivity contribution >= 4 is 5.96 Å². The van der Waals surface area contributed by atoms with Gasteiger partial charge in [-0.05, 0) is 24.5 Å². The third-order valence-electron chi connectivity index (χ3n) is 4.48. The van der Waals surface area contributed by atoms with Crippen LogP contribution in [0.4, 0.5) is 0 Å². The number of benzene rings is 1. The molecule has 0 saturated heterocycles. The van der Waals surface area contributed by atoms with Crippen molar-refractivity contribution in [2.75, 3.05) is 20.7 Å². The number of hydrogen-bond donors (Lipinski definition) is 2. The predicted molar refractivity (Wildman–Crippen MR) is 96.3 cm³/mol. The Morgan fingerprint density at radius 3 is 2.58 bits per heavy atom. The van der Waals surface area contributed by atoms with E-state index < -0.39 is 0 Å². The van der Waals surface area contributed by atoms with Gasteiger partial charge < -0.3 is 15.4 Å². The zero-order valence-electron chi connectivity index (χ0n) is 14.2. The molecule has 0 unspecified atom stereocenters. The maximum atomic E-state index is 5.15. The number of nitrogens with zero attached hydrogens (tertiary/aromatic N) is 2. The summed E-state index contributed by atoms with van der Waals surface area (Å²) in [5, 5.41) is 6.76. The summed E-state index contributed by atoms with van der Waals surface area (Å²) in [6, 6.07) is 16.5. The van der Waals surface area contributed by atoms with E-state index in [4.69, 9.17) is 4.74 Å². The molecular weight excluding hydrogens is 300 g/mol. The van der Waals surface area contributed by atoms with E-state index in [1.54, 1.807) is 14.2 Å². The summed E-state index contributed by atoms with van der Waals surface area (Å²) >= 11 is 0. The van der Waals surface area contributed by atoms with Gasteiger partial charge in [0.2, 0.25) is 5.88 Å². The predicted octanol–water partition coefficient (Wildman–Crippen LogP) is 2.49. The number of hydrogen-bond acceptors (Lipinski definition) is 3. The fourth-order valence-corrected chi connectivity index (χ4v) is 2.83. The summed E-state index contributed by atoms with van der Waals surface area (Å²) in [6.07, 6.45) is 2.44. The fourth-order valence-electron chi connectivity index (χ4n) is 2.83. The average Bonchev–Trinajstić information content (AvgIpc) is 3.44. The minimum absolute atomic E-state index is 0.257. The lowest BCUT2D eigenvalue weighted by Gasteiger charge is -2.19. The van der Waals surface area contributed by atoms with E-state index in [1.807, 2.05) is 18.2 Å². The summed E-state index contributed by atoms with van der Waals surface area (Å²) in [7, 11) is 3.41. The van der Waals surface area contributed by atoms with Crippen LogP contribution in [0.25, 0.3) is 0 Å². The number of aromatic nitrogens is 1. The minimum Gasteiger partial charge on any atom is -0.481 e. The highest BCUT2D eigenvalue weighted by molar-refractivity contribution is 5.79. The van der Waals surface area contributed by atoms with Gasteiger partial charge in [-0.2, -0.15) is 0 Å². The Balaban J connectivity index is 1.54. The highest BCUT2D eigenvalue weighted by atomic mass is 16.5. The summed E-state index contributed by atoms with van der Waals surface area (Å²) in [6.45, 7) is 1.50. The van der Waals surface area contributed by atoms with Crippen molar-refractivity contribution in [3.8, 4) is 5.88 Å². The number of aliphatic imine (C=N–C) groups is 1. The Bertz CT molecular complexity index is 696. The van der Waals surface area contributed by atoms with Gasteiger partial charge in [0, 0.05) is 25.1 Å². The Morgan fingerprint density at radius 2 is 1.92 bits per heavy atom. The number of rotatable bonds is 6. The smallest absolute Gasteiger partial charge is 0.213 e. The molecule has 5 heteroatoms. The second kappa shape index (κ2) is 7.34. The third kappa shape index (κ3) is 3.85. The molecule has 0 amide bonds. The molecule has 1 saturated carbocycles. The van der Waals surface area contributed by atoms with Crippen molar-refractivity contribution in [1.29, 1.82) is 0 Å². The van der Waals surface area contributed by atoms with Crippen molar-refractivity contribution in [3.63, 3.8) is 0 Å². The van der Waals surface area contributed by atoms with Crippen LogP contribution in [0.3, 0.4) is 0 Å². The maximum Gasteiger partial charge on any atom is 0.213 e. The Morgan fingerprint density at radius 1 is 1.12 bits per heavy atom. The summed E-state index contributed by atoms with van der Waals surface area (Å²) in [4.78, 5) is 8.70. The Hall–Kier alpha value is -2.56. The van der Waals surface area contributed by atoms with E-state index >= 15 is 0 Å². The van der Waals surface area contributed by atoms with Gasteiger partial charge in [0.15, 0.2) is 5.96 Å². The zero-order chi connectivity index (χ0) is 16.8. The van der Waals surface area contributed by atoms with Gasteiger partial charge in [0.05, 0.1) is 19.3 Å². The molecule has 2 aromatic rings. The molecule has 126 valence electrons. The van der Waals surface area contributed by atoms with Gasteiger partial charge in [-0.15, -0.1) is 0 Å². The van der Waals surface area contributed by atoms with Crippen molar-refractivity contribution in [2.45, 2.75) is 24.8 Å². The van der Waals surface area contributed by atoms with E-state index in [9.17, 15) is 0 Å². The molecule has 0 spiro atoms. The van der Waals surface area contributed by atoms with Gasteiger partial charge in [0.25, 0.3) is 0 Å². The summed E-state index contributed by atoms with van der Waals surface area (Å²) in [5.41, 5.74) is 2.58. The Kier molecular flexibility index (Phi) is 4.99. The molecule has 0 bridgehead atoms. The second-order valence-corrected chi connectivity index (χ2v) is 6.10. The molecule has 2 N–H and O–H groups in total. The van der Waals surface area contributed by atoms with Crippen LogP contribution in [0, 0.1) is 0 Å². The molecule has 0 radical (unpaired) electrons. The molecule has 5 nitrogen and oxygen atoms in total. The molecule has 0 atom stereocenters. The number of methoxy groups -OCH3 is 1. The van der Waals surface area contributed by atoms with Crippen LogP contribution in [-0.2, 0) is 12.0 Å². The number of nitrogens with one attached hydrogen (secondary N) is 2. The molecule has 1 fully saturated rings. The molecule has 0 aliphatic heterocycles. The lowest BCUT2D eigenvalue weighted by Crippen LogP contribution is -2.41. The van der Waals surface area contributed by atoms with E-state index in [-0.39, 0.29) is 5.41 Å². The van der Waals surface area contributed by atoms with Gasteiger partial charge in [0.1, 0.15) is 0 Å². The Labute approximate surface area is 143 Å². The first-order valence-electron chi connectivity index (χ1n) is 8.26. The van der Waals surface area contributed by atoms with Crippen molar-refractivity contribution < 1.29 is 4.74 Å². The lowest BCUT2D eigenvalue weighted by molar-refractivity contribution is 0.396. The monoisotopic (exact) mass is 324 g/mol. The van der Waals surface area contributed by atoms with Crippen LogP contribution in [0.1, 0.15) is 24.1 Å². The average molecular weight is 324 g/mol. The van der Waals surface area contributed by atoms with Gasteiger partial charge in [-0.1, -0.05) is 36.4 Å². The zero-order valence-corrected chi connectivity index (χ0v) is 14.2. The van der Waals surface area contributed by atoms with Crippen LogP contribution in [0.5, 0.6) is 5.88 Å². The molecule has 24 heavy (non-hydrogen) atoms. The van der Waals surface area contributed by atoms with E-state index in [0.29, 0.717) is 12.4 Å². The second-order valence-electron chi connectivity index (χ2n) is 6.10. The maximum absolute atomic E-state index is 5.15. The first kappa shape index (κ1) is 16.3. The number of pyridine rings is 1. The van der Waals surface area contributed by atoms with Crippen LogP contribution in [0.2, 0.25) is 0 Å². The summed E-state index contributed by atoms with van der Waals surface area (Å²) in [5.74, 6) is 1.42. The lowest BCUT2D eigenvalue weighted by atomic mass is 9.96. The van der Waals surface area contributed by atoms with Crippen LogP contribution >= 0.6 is 0 Å². The molecule has 1 aliphatic rings. The molecule has 1 heterocycles. The van der Waals surface area contributed by atoms with Gasteiger partial charge in [-0.25, -0.2) is 4.98 Å². The number of ether oxygens (including phenoxy) is 1. The number of guanidine groups is 1. The first-order chi connectivity index (χ1) is 11.8. The van der Waals surface area contributed by atoms with E-state index in [0.717, 1.165) is 18.2 Å². The minimum atomic E-state index is 0.257. The van der Waals surface area contributed by atoms with E-state index in [2.05, 4.69) is 50.9 Å². The first-order valence-corrected chi connectivity index (χ1v) is 8.26. The van der Waals surface area contributed by atoms with E-state index in [1.165, 1.54) is 18.4 Å². The van der Waals surface area contributed by atoms with Gasteiger partial charge in [-0.3, -0.25) is 4.99 Å². The normalized spacial score (nSPS) is 15.7. The molecule has 1 aromatic carbocycles. The van der Waals surface area contributed by atoms with Crippen molar-refractivity contribution in [3.05, 3.63) is 59.8 Å². The quantitative estimate of drug-likeness (QED) is 0.633. The molecule has 1 aromatic heterocycles. The van der Waals surface area contributed by atoms with Crippen LogP contribution < -0.4 is 15.4 Å². The van der Waals surface area contributed by atoms with Crippen LogP contribution in [0.15, 0.2) is 53.5 Å². The SMILES string of the molecule is CN=C(NCc1cccc(OC)n1)NCC1(c2ccccc2)CC1. The van der Waals surface area contributed by atoms with Crippen molar-refractivity contribution in [2.24, 2.45) is 4.99 Å². The summed E-state index contributed by atoms with van der Waals surface area (Å²) < 4.78 is 5.15. The van der Waals surface area contributed by atoms with Crippen molar-refractivity contribution in [1.82, 2.24) is 15.6 Å². The molecule has 1 aliphatic carbocycles. The van der Waals surface area contributed by atoms with Crippen LogP contribution in [-0.4, -0.2) is 31.6 Å². The topological polar surface area (TPSA) is 58.5 Å². The highest BCUT2D eigenvalue weighted by Crippen LogP contribution is 2.47. The van der Waals surface area contributed by atoms with Gasteiger partial charge >= 0.3 is 0 Å².